The second kappa shape index (κ2) is 5.54. The highest BCUT2D eigenvalue weighted by atomic mass is 16.1. The number of carbonyl (C=O) groups is 1. The Bertz CT molecular complexity index is 750. The summed E-state index contributed by atoms with van der Waals surface area (Å²) in [7, 11) is 0. The van der Waals surface area contributed by atoms with E-state index in [-0.39, 0.29) is 5.91 Å². The highest BCUT2D eigenvalue weighted by Gasteiger charge is 2.09. The molecule has 104 valence electrons. The molecule has 6 nitrogen and oxygen atoms in total. The van der Waals surface area contributed by atoms with E-state index < -0.39 is 0 Å². The molecule has 0 spiro atoms. The summed E-state index contributed by atoms with van der Waals surface area (Å²) in [6.07, 6.45) is 8.37. The van der Waals surface area contributed by atoms with Crippen molar-refractivity contribution in [3.05, 3.63) is 66.8 Å². The van der Waals surface area contributed by atoms with Crippen molar-refractivity contribution in [3.63, 3.8) is 0 Å². The quantitative estimate of drug-likeness (QED) is 0.798. The Hall–Kier alpha value is -3.02. The first-order valence-corrected chi connectivity index (χ1v) is 6.41. The molecule has 0 fully saturated rings. The lowest BCUT2D eigenvalue weighted by Gasteiger charge is -2.06. The molecular weight excluding hydrogens is 266 g/mol. The number of carbonyl (C=O) groups excluding carboxylic acids is 1. The Labute approximate surface area is 121 Å². The van der Waals surface area contributed by atoms with E-state index in [0.717, 1.165) is 11.4 Å². The maximum absolute atomic E-state index is 12.2. The van der Waals surface area contributed by atoms with Crippen LogP contribution in [0.15, 0.2) is 55.4 Å². The fraction of sp³-hybridized carbons (Fsp3) is 0.0667. The fourth-order valence-corrected chi connectivity index (χ4v) is 1.85. The van der Waals surface area contributed by atoms with Gasteiger partial charge in [0.1, 0.15) is 5.69 Å². The van der Waals surface area contributed by atoms with Crippen LogP contribution in [-0.2, 0) is 0 Å². The zero-order valence-corrected chi connectivity index (χ0v) is 11.4. The molecular formula is C15H13N5O. The number of hydrogen-bond donors (Lipinski definition) is 1. The molecule has 0 radical (unpaired) electrons. The molecule has 0 aliphatic rings. The van der Waals surface area contributed by atoms with Gasteiger partial charge in [0, 0.05) is 24.3 Å². The number of hydrogen-bond acceptors (Lipinski definition) is 4. The van der Waals surface area contributed by atoms with Crippen molar-refractivity contribution >= 4 is 11.6 Å². The van der Waals surface area contributed by atoms with Gasteiger partial charge in [0.05, 0.1) is 23.9 Å². The average Bonchev–Trinajstić information content (AvgIpc) is 3.04. The summed E-state index contributed by atoms with van der Waals surface area (Å²) in [5.41, 5.74) is 2.70. The van der Waals surface area contributed by atoms with Crippen molar-refractivity contribution in [2.24, 2.45) is 0 Å². The largest absolute Gasteiger partial charge is 0.319 e. The summed E-state index contributed by atoms with van der Waals surface area (Å²) in [5, 5.41) is 2.77. The zero-order valence-electron chi connectivity index (χ0n) is 11.4. The molecule has 0 aromatic carbocycles. The molecule has 0 aliphatic heterocycles. The fourth-order valence-electron chi connectivity index (χ4n) is 1.85. The Kier molecular flexibility index (Phi) is 3.42. The molecule has 6 heteroatoms. The molecule has 1 N–H and O–H groups in total. The third-order valence-electron chi connectivity index (χ3n) is 2.95. The van der Waals surface area contributed by atoms with Gasteiger partial charge in [-0.3, -0.25) is 14.8 Å². The van der Waals surface area contributed by atoms with E-state index >= 15 is 0 Å². The minimum atomic E-state index is -0.275. The van der Waals surface area contributed by atoms with E-state index in [4.69, 9.17) is 0 Å². The first-order valence-electron chi connectivity index (χ1n) is 6.41. The highest BCUT2D eigenvalue weighted by molar-refractivity contribution is 6.03. The predicted molar refractivity (Wildman–Crippen MR) is 78.3 cm³/mol. The minimum Gasteiger partial charge on any atom is -0.319 e. The molecule has 0 unspecified atom stereocenters. The van der Waals surface area contributed by atoms with Crippen LogP contribution in [0.2, 0.25) is 0 Å². The number of nitrogens with zero attached hydrogens (tertiary/aromatic N) is 4. The van der Waals surface area contributed by atoms with Gasteiger partial charge in [0.15, 0.2) is 0 Å². The highest BCUT2D eigenvalue weighted by Crippen LogP contribution is 2.11. The van der Waals surface area contributed by atoms with Gasteiger partial charge in [0.2, 0.25) is 0 Å². The van der Waals surface area contributed by atoms with E-state index in [1.165, 1.54) is 0 Å². The van der Waals surface area contributed by atoms with Crippen LogP contribution in [0, 0.1) is 6.92 Å². The Morgan fingerprint density at radius 3 is 2.81 bits per heavy atom. The van der Waals surface area contributed by atoms with E-state index in [0.29, 0.717) is 11.4 Å². The third-order valence-corrected chi connectivity index (χ3v) is 2.95. The predicted octanol–water partition coefficient (Wildman–Crippen LogP) is 2.22. The van der Waals surface area contributed by atoms with Crippen molar-refractivity contribution < 1.29 is 4.79 Å². The Morgan fingerprint density at radius 2 is 2.10 bits per heavy atom. The monoisotopic (exact) mass is 279 g/mol. The number of rotatable bonds is 3. The summed E-state index contributed by atoms with van der Waals surface area (Å²) >= 11 is 0. The number of aromatic nitrogens is 4. The number of amides is 1. The van der Waals surface area contributed by atoms with Crippen LogP contribution < -0.4 is 5.32 Å². The van der Waals surface area contributed by atoms with E-state index in [9.17, 15) is 4.79 Å². The lowest BCUT2D eigenvalue weighted by Crippen LogP contribution is -2.14. The summed E-state index contributed by atoms with van der Waals surface area (Å²) in [6, 6.07) is 7.16. The van der Waals surface area contributed by atoms with Crippen LogP contribution in [0.3, 0.4) is 0 Å². The van der Waals surface area contributed by atoms with Crippen LogP contribution in [0.25, 0.3) is 5.69 Å². The first-order chi connectivity index (χ1) is 10.2. The van der Waals surface area contributed by atoms with Gasteiger partial charge in [-0.15, -0.1) is 0 Å². The number of anilines is 1. The van der Waals surface area contributed by atoms with E-state index in [1.54, 1.807) is 43.2 Å². The first kappa shape index (κ1) is 13.0. The Morgan fingerprint density at radius 1 is 1.19 bits per heavy atom. The SMILES string of the molecule is Cc1ccc(NC(=O)c2cc(-n3ccnc3)ccn2)cn1. The van der Waals surface area contributed by atoms with Gasteiger partial charge < -0.3 is 9.88 Å². The van der Waals surface area contributed by atoms with Crippen molar-refractivity contribution in [1.82, 2.24) is 19.5 Å². The van der Waals surface area contributed by atoms with Crippen molar-refractivity contribution in [2.45, 2.75) is 6.92 Å². The van der Waals surface area contributed by atoms with Gasteiger partial charge in [-0.25, -0.2) is 4.98 Å². The number of aryl methyl sites for hydroxylation is 1. The number of pyridine rings is 2. The van der Waals surface area contributed by atoms with Crippen LogP contribution in [0.4, 0.5) is 5.69 Å². The lowest BCUT2D eigenvalue weighted by atomic mass is 10.3. The third kappa shape index (κ3) is 2.94. The standard InChI is InChI=1S/C15H13N5O/c1-11-2-3-12(9-18-11)19-15(21)14-8-13(4-5-17-14)20-7-6-16-10-20/h2-10H,1H3,(H,19,21). The summed E-state index contributed by atoms with van der Waals surface area (Å²) < 4.78 is 1.81. The van der Waals surface area contributed by atoms with Crippen molar-refractivity contribution in [1.29, 1.82) is 0 Å². The van der Waals surface area contributed by atoms with Crippen LogP contribution >= 0.6 is 0 Å². The van der Waals surface area contributed by atoms with Gasteiger partial charge in [-0.2, -0.15) is 0 Å². The molecule has 3 aromatic heterocycles. The van der Waals surface area contributed by atoms with Gasteiger partial charge >= 0.3 is 0 Å². The number of nitrogens with one attached hydrogen (secondary N) is 1. The van der Waals surface area contributed by atoms with Crippen LogP contribution in [-0.4, -0.2) is 25.4 Å². The number of imidazole rings is 1. The van der Waals surface area contributed by atoms with Crippen LogP contribution in [0.1, 0.15) is 16.2 Å². The topological polar surface area (TPSA) is 72.7 Å². The summed E-state index contributed by atoms with van der Waals surface area (Å²) in [5.74, 6) is -0.275. The van der Waals surface area contributed by atoms with Crippen molar-refractivity contribution in [2.75, 3.05) is 5.32 Å². The molecule has 0 saturated carbocycles. The van der Waals surface area contributed by atoms with Gasteiger partial charge in [-0.1, -0.05) is 0 Å². The lowest BCUT2D eigenvalue weighted by molar-refractivity contribution is 0.102. The molecule has 3 heterocycles. The van der Waals surface area contributed by atoms with Gasteiger partial charge in [-0.05, 0) is 31.2 Å². The smallest absolute Gasteiger partial charge is 0.274 e. The molecule has 1 amide bonds. The molecule has 3 aromatic rings. The molecule has 21 heavy (non-hydrogen) atoms. The maximum atomic E-state index is 12.2. The van der Waals surface area contributed by atoms with Gasteiger partial charge in [0.25, 0.3) is 5.91 Å². The normalized spacial score (nSPS) is 10.3. The molecule has 0 bridgehead atoms. The molecule has 0 aliphatic carbocycles. The Balaban J connectivity index is 1.81. The average molecular weight is 279 g/mol. The van der Waals surface area contributed by atoms with Crippen LogP contribution in [0.5, 0.6) is 0 Å². The summed E-state index contributed by atoms with van der Waals surface area (Å²) in [4.78, 5) is 24.4. The maximum Gasteiger partial charge on any atom is 0.274 e. The second-order valence-electron chi connectivity index (χ2n) is 4.51. The summed E-state index contributed by atoms with van der Waals surface area (Å²) in [6.45, 7) is 1.89. The van der Waals surface area contributed by atoms with Crippen molar-refractivity contribution in [3.8, 4) is 5.69 Å². The van der Waals surface area contributed by atoms with E-state index in [2.05, 4.69) is 20.3 Å². The molecule has 0 saturated heterocycles. The van der Waals surface area contributed by atoms with E-state index in [1.807, 2.05) is 23.6 Å². The minimum absolute atomic E-state index is 0.275. The molecule has 0 atom stereocenters. The zero-order chi connectivity index (χ0) is 14.7. The molecule has 3 rings (SSSR count). The second-order valence-corrected chi connectivity index (χ2v) is 4.51.